The molecule has 0 fully saturated rings. The van der Waals surface area contributed by atoms with Gasteiger partial charge in [0.2, 0.25) is 0 Å². The zero-order chi connectivity index (χ0) is 23.9. The van der Waals surface area contributed by atoms with Gasteiger partial charge in [0.1, 0.15) is 5.52 Å². The lowest BCUT2D eigenvalue weighted by Gasteiger charge is -2.08. The predicted octanol–water partition coefficient (Wildman–Crippen LogP) is 4.22. The average molecular weight is 497 g/mol. The van der Waals surface area contributed by atoms with Crippen molar-refractivity contribution in [2.45, 2.75) is 5.03 Å². The van der Waals surface area contributed by atoms with E-state index in [1.165, 1.54) is 28.4 Å². The number of sulfonamides is 1. The molecule has 0 bridgehead atoms. The highest BCUT2D eigenvalue weighted by atomic mass is 32.2. The molecule has 2 aromatic carbocycles. The highest BCUT2D eigenvalue weighted by molar-refractivity contribution is 7.92. The maximum absolute atomic E-state index is 15.3. The zero-order valence-electron chi connectivity index (χ0n) is 17.6. The Morgan fingerprint density at radius 1 is 1.15 bits per heavy atom. The van der Waals surface area contributed by atoms with Gasteiger partial charge in [-0.05, 0) is 35.2 Å². The van der Waals surface area contributed by atoms with Crippen molar-refractivity contribution >= 4 is 49.7 Å². The first-order valence-corrected chi connectivity index (χ1v) is 12.4. The van der Waals surface area contributed by atoms with Gasteiger partial charge in [0.05, 0.1) is 11.9 Å². The lowest BCUT2D eigenvalue weighted by molar-refractivity contribution is 0.102. The number of imidazole rings is 1. The number of rotatable bonds is 6. The van der Waals surface area contributed by atoms with E-state index >= 15 is 4.39 Å². The number of hydrogen-bond donors (Lipinski definition) is 3. The van der Waals surface area contributed by atoms with Crippen molar-refractivity contribution in [3.05, 3.63) is 77.1 Å². The maximum Gasteiger partial charge on any atom is 0.280 e. The van der Waals surface area contributed by atoms with Gasteiger partial charge in [-0.3, -0.25) is 14.6 Å². The van der Waals surface area contributed by atoms with E-state index in [2.05, 4.69) is 25.2 Å². The van der Waals surface area contributed by atoms with E-state index in [9.17, 15) is 13.2 Å². The normalized spacial score (nSPS) is 11.6. The minimum atomic E-state index is -3.83. The van der Waals surface area contributed by atoms with Gasteiger partial charge in [-0.1, -0.05) is 18.2 Å². The Bertz CT molecular complexity index is 1610. The Morgan fingerprint density at radius 3 is 2.62 bits per heavy atom. The van der Waals surface area contributed by atoms with Crippen molar-refractivity contribution in [1.82, 2.24) is 19.7 Å². The van der Waals surface area contributed by atoms with Gasteiger partial charge in [0.15, 0.2) is 16.7 Å². The van der Waals surface area contributed by atoms with Gasteiger partial charge in [0.25, 0.3) is 15.9 Å². The summed E-state index contributed by atoms with van der Waals surface area (Å²) in [7, 11) is -2.16. The van der Waals surface area contributed by atoms with Crippen LogP contribution in [0.5, 0.6) is 0 Å². The number of fused-ring (bicyclic) bond motifs is 1. The van der Waals surface area contributed by atoms with Crippen LogP contribution in [0.4, 0.5) is 15.9 Å². The number of H-pyrrole nitrogens is 1. The summed E-state index contributed by atoms with van der Waals surface area (Å²) < 4.78 is 44.1. The standard InChI is InChI=1S/C22H17FN6O3S2/c1-29-10-18(24-12-29)34(31,32)28-15-4-2-13(3-5-15)16-6-7-17-20(19(16)23)26-27-21(17)25-22(30)14-8-9-33-11-14/h2-12,28H,1H3,(H2,25,26,27,30). The van der Waals surface area contributed by atoms with Crippen molar-refractivity contribution in [2.24, 2.45) is 7.05 Å². The molecule has 0 saturated heterocycles. The molecule has 0 aliphatic rings. The third-order valence-electron chi connectivity index (χ3n) is 5.10. The molecule has 12 heteroatoms. The molecule has 3 N–H and O–H groups in total. The molecule has 172 valence electrons. The second kappa shape index (κ2) is 8.39. The third-order valence-corrected chi connectivity index (χ3v) is 7.05. The number of halogens is 1. The lowest BCUT2D eigenvalue weighted by atomic mass is 10.0. The number of carbonyl (C=O) groups excluding carboxylic acids is 1. The SMILES string of the molecule is Cn1cnc(S(=O)(=O)Nc2ccc(-c3ccc4c(NC(=O)c5ccsc5)n[nH]c4c3F)cc2)c1. The van der Waals surface area contributed by atoms with Gasteiger partial charge >= 0.3 is 0 Å². The molecule has 5 aromatic rings. The fourth-order valence-electron chi connectivity index (χ4n) is 3.40. The van der Waals surface area contributed by atoms with E-state index in [4.69, 9.17) is 0 Å². The molecule has 3 heterocycles. The van der Waals surface area contributed by atoms with Crippen LogP contribution in [-0.4, -0.2) is 34.1 Å². The van der Waals surface area contributed by atoms with E-state index in [0.717, 1.165) is 0 Å². The number of nitrogens with zero attached hydrogens (tertiary/aromatic N) is 3. The van der Waals surface area contributed by atoms with Crippen LogP contribution in [0.2, 0.25) is 0 Å². The molecule has 9 nitrogen and oxygen atoms in total. The number of thiophene rings is 1. The largest absolute Gasteiger partial charge is 0.339 e. The molecule has 0 saturated carbocycles. The van der Waals surface area contributed by atoms with Crippen LogP contribution in [0.3, 0.4) is 0 Å². The summed E-state index contributed by atoms with van der Waals surface area (Å²) in [5.41, 5.74) is 1.80. The molecule has 0 aliphatic heterocycles. The third kappa shape index (κ3) is 4.04. The molecule has 0 radical (unpaired) electrons. The Hall–Kier alpha value is -4.03. The number of aryl methyl sites for hydroxylation is 1. The lowest BCUT2D eigenvalue weighted by Crippen LogP contribution is -2.13. The maximum atomic E-state index is 15.3. The molecule has 5 rings (SSSR count). The van der Waals surface area contributed by atoms with Crippen LogP contribution in [0.15, 0.2) is 70.8 Å². The van der Waals surface area contributed by atoms with Crippen LogP contribution >= 0.6 is 11.3 Å². The fourth-order valence-corrected chi connectivity index (χ4v) is 5.08. The van der Waals surface area contributed by atoms with Crippen LogP contribution in [-0.2, 0) is 17.1 Å². The van der Waals surface area contributed by atoms with Crippen molar-refractivity contribution in [3.8, 4) is 11.1 Å². The van der Waals surface area contributed by atoms with Gasteiger partial charge in [-0.2, -0.15) is 24.9 Å². The Balaban J connectivity index is 1.39. The first-order chi connectivity index (χ1) is 16.3. The number of hydrogen-bond acceptors (Lipinski definition) is 6. The number of nitrogens with one attached hydrogen (secondary N) is 3. The van der Waals surface area contributed by atoms with Crippen molar-refractivity contribution in [2.75, 3.05) is 10.0 Å². The smallest absolute Gasteiger partial charge is 0.280 e. The number of aromatic amines is 1. The molecule has 0 aliphatic carbocycles. The number of carbonyl (C=O) groups is 1. The number of anilines is 2. The number of benzene rings is 2. The predicted molar refractivity (Wildman–Crippen MR) is 128 cm³/mol. The summed E-state index contributed by atoms with van der Waals surface area (Å²) in [5.74, 6) is -0.637. The highest BCUT2D eigenvalue weighted by Gasteiger charge is 2.19. The first kappa shape index (κ1) is 21.8. The average Bonchev–Trinajstić information content (AvgIpc) is 3.56. The van der Waals surface area contributed by atoms with Crippen molar-refractivity contribution < 1.29 is 17.6 Å². The van der Waals surface area contributed by atoms with Crippen molar-refractivity contribution in [3.63, 3.8) is 0 Å². The molecule has 3 aromatic heterocycles. The number of aromatic nitrogens is 4. The fraction of sp³-hybridized carbons (Fsp3) is 0.0455. The van der Waals surface area contributed by atoms with Crippen LogP contribution in [0, 0.1) is 5.82 Å². The van der Waals surface area contributed by atoms with E-state index in [0.29, 0.717) is 27.8 Å². The number of amides is 1. The summed E-state index contributed by atoms with van der Waals surface area (Å²) >= 11 is 1.40. The van der Waals surface area contributed by atoms with Crippen LogP contribution < -0.4 is 10.0 Å². The molecule has 0 spiro atoms. The monoisotopic (exact) mass is 496 g/mol. The van der Waals surface area contributed by atoms with E-state index < -0.39 is 15.8 Å². The van der Waals surface area contributed by atoms with Gasteiger partial charge in [0, 0.05) is 35.3 Å². The topological polar surface area (TPSA) is 122 Å². The Morgan fingerprint density at radius 2 is 1.94 bits per heavy atom. The summed E-state index contributed by atoms with van der Waals surface area (Å²) in [5, 5.41) is 13.2. The van der Waals surface area contributed by atoms with Crippen LogP contribution in [0.1, 0.15) is 10.4 Å². The van der Waals surface area contributed by atoms with Crippen LogP contribution in [0.25, 0.3) is 22.0 Å². The van der Waals surface area contributed by atoms with E-state index in [1.807, 2.05) is 0 Å². The van der Waals surface area contributed by atoms with Gasteiger partial charge < -0.3 is 9.88 Å². The molecule has 0 unspecified atom stereocenters. The molecule has 0 atom stereocenters. The minimum Gasteiger partial charge on any atom is -0.339 e. The second-order valence-corrected chi connectivity index (χ2v) is 9.86. The van der Waals surface area contributed by atoms with E-state index in [-0.39, 0.29) is 22.3 Å². The van der Waals surface area contributed by atoms with Gasteiger partial charge in [-0.25, -0.2) is 9.37 Å². The molecular weight excluding hydrogens is 479 g/mol. The second-order valence-electron chi connectivity index (χ2n) is 7.45. The Kier molecular flexibility index (Phi) is 5.38. The summed E-state index contributed by atoms with van der Waals surface area (Å²) in [6.45, 7) is 0. The molecule has 1 amide bonds. The highest BCUT2D eigenvalue weighted by Crippen LogP contribution is 2.32. The van der Waals surface area contributed by atoms with E-state index in [1.54, 1.807) is 60.3 Å². The quantitative estimate of drug-likeness (QED) is 0.325. The van der Waals surface area contributed by atoms with Crippen molar-refractivity contribution in [1.29, 1.82) is 0 Å². The summed E-state index contributed by atoms with van der Waals surface area (Å²) in [4.78, 5) is 16.2. The zero-order valence-corrected chi connectivity index (χ0v) is 19.2. The van der Waals surface area contributed by atoms with Gasteiger partial charge in [-0.15, -0.1) is 0 Å². The Labute approximate surface area is 197 Å². The molecule has 34 heavy (non-hydrogen) atoms. The summed E-state index contributed by atoms with van der Waals surface area (Å²) in [6.07, 6.45) is 2.79. The molecular formula is C22H17FN6O3S2. The summed E-state index contributed by atoms with van der Waals surface area (Å²) in [6, 6.07) is 11.2. The minimum absolute atomic E-state index is 0.100. The first-order valence-electron chi connectivity index (χ1n) is 9.93.